The van der Waals surface area contributed by atoms with Crippen LogP contribution in [0.2, 0.25) is 0 Å². The molecular weight excluding hydrogens is 585 g/mol. The smallest absolute Gasteiger partial charge is 0.485 e. The lowest BCUT2D eigenvalue weighted by atomic mass is 10.1. The average Bonchev–Trinajstić information content (AvgIpc) is 3.12. The second-order valence-corrected chi connectivity index (χ2v) is 9.00. The molecule has 220 valence electrons. The first kappa shape index (κ1) is 31.0. The molecule has 2 atom stereocenters. The van der Waals surface area contributed by atoms with Crippen molar-refractivity contribution in [1.29, 1.82) is 0 Å². The maximum atomic E-state index is 12.5. The van der Waals surface area contributed by atoms with Crippen LogP contribution in [0.4, 0.5) is 26.3 Å². The van der Waals surface area contributed by atoms with Gasteiger partial charge in [-0.05, 0) is 35.4 Å². The summed E-state index contributed by atoms with van der Waals surface area (Å²) >= 11 is 0. The number of hydrogen-bond acceptors (Lipinski definition) is 9. The Labute approximate surface area is 220 Å². The minimum absolute atomic E-state index is 0.0696. The lowest BCUT2D eigenvalue weighted by Gasteiger charge is -2.23. The molecule has 0 aliphatic carbocycles. The van der Waals surface area contributed by atoms with Crippen molar-refractivity contribution < 1.29 is 78.8 Å². The van der Waals surface area contributed by atoms with Gasteiger partial charge in [0.25, 0.3) is 0 Å². The van der Waals surface area contributed by atoms with Crippen LogP contribution in [0.3, 0.4) is 0 Å². The normalized spacial score (nSPS) is 16.9. The van der Waals surface area contributed by atoms with Crippen LogP contribution in [0.15, 0.2) is 60.0 Å². The van der Waals surface area contributed by atoms with Crippen LogP contribution in [0.1, 0.15) is 11.1 Å². The third-order valence-electron chi connectivity index (χ3n) is 4.73. The number of esters is 1. The number of phosphoric ester groups is 1. The van der Waals surface area contributed by atoms with E-state index in [2.05, 4.69) is 14.0 Å². The first-order valence-corrected chi connectivity index (χ1v) is 12.3. The van der Waals surface area contributed by atoms with Gasteiger partial charge in [-0.3, -0.25) is 4.52 Å². The minimum atomic E-state index is -5.25. The van der Waals surface area contributed by atoms with Crippen molar-refractivity contribution in [3.8, 4) is 11.5 Å². The topological polar surface area (TPSA) is 150 Å². The van der Waals surface area contributed by atoms with Crippen molar-refractivity contribution in [3.05, 3.63) is 71.2 Å². The summed E-state index contributed by atoms with van der Waals surface area (Å²) in [7, 11) is -5.25. The molecule has 0 spiro atoms. The monoisotopic (exact) mass is 604 g/mol. The van der Waals surface area contributed by atoms with Crippen LogP contribution in [0, 0.1) is 0 Å². The number of aliphatic hydroxyl groups excluding tert-OH is 1. The molecular formula is C22H19F6O11P. The number of carbonyl (C=O) groups is 1. The van der Waals surface area contributed by atoms with Gasteiger partial charge >= 0.3 is 26.5 Å². The second-order valence-electron chi connectivity index (χ2n) is 7.80. The molecule has 0 amide bonds. The predicted molar refractivity (Wildman–Crippen MR) is 117 cm³/mol. The van der Waals surface area contributed by atoms with Gasteiger partial charge in [0.05, 0.1) is 6.61 Å². The van der Waals surface area contributed by atoms with E-state index in [0.717, 1.165) is 24.3 Å². The number of phosphoric acid groups is 1. The summed E-state index contributed by atoms with van der Waals surface area (Å²) in [6, 6.07) is 8.94. The molecule has 3 rings (SSSR count). The van der Waals surface area contributed by atoms with Gasteiger partial charge in [-0.2, -0.15) is 0 Å². The van der Waals surface area contributed by atoms with Crippen molar-refractivity contribution in [1.82, 2.24) is 0 Å². The van der Waals surface area contributed by atoms with E-state index in [1.54, 1.807) is 0 Å². The summed E-state index contributed by atoms with van der Waals surface area (Å²) < 4.78 is 114. The van der Waals surface area contributed by atoms with Crippen molar-refractivity contribution in [2.45, 2.75) is 38.1 Å². The lowest BCUT2D eigenvalue weighted by molar-refractivity contribution is -0.275. The van der Waals surface area contributed by atoms with Gasteiger partial charge in [0.1, 0.15) is 30.8 Å². The average molecular weight is 604 g/mol. The maximum Gasteiger partial charge on any atom is 0.573 e. The summed E-state index contributed by atoms with van der Waals surface area (Å²) in [6.45, 7) is -2.22. The summed E-state index contributed by atoms with van der Waals surface area (Å²) in [6.07, 6.45) is -13.7. The third-order valence-corrected chi connectivity index (χ3v) is 5.28. The van der Waals surface area contributed by atoms with E-state index in [9.17, 15) is 40.8 Å². The molecule has 3 N–H and O–H groups in total. The van der Waals surface area contributed by atoms with Crippen molar-refractivity contribution in [3.63, 3.8) is 0 Å². The molecule has 0 saturated heterocycles. The molecule has 1 aliphatic heterocycles. The first-order valence-electron chi connectivity index (χ1n) is 10.8. The van der Waals surface area contributed by atoms with Gasteiger partial charge < -0.3 is 38.6 Å². The molecule has 0 saturated carbocycles. The number of aliphatic hydroxyl groups is 1. The molecule has 0 bridgehead atoms. The molecule has 2 aromatic carbocycles. The fourth-order valence-corrected chi connectivity index (χ4v) is 3.85. The van der Waals surface area contributed by atoms with Crippen LogP contribution in [-0.4, -0.2) is 52.4 Å². The third kappa shape index (κ3) is 9.60. The quantitative estimate of drug-likeness (QED) is 0.184. The number of carbonyl (C=O) groups excluding carboxylic acids is 1. The van der Waals surface area contributed by atoms with Gasteiger partial charge in [0, 0.05) is 0 Å². The highest BCUT2D eigenvalue weighted by atomic mass is 31.2. The molecule has 0 fully saturated rings. The largest absolute Gasteiger partial charge is 0.573 e. The van der Waals surface area contributed by atoms with Crippen molar-refractivity contribution >= 4 is 13.8 Å². The zero-order valence-corrected chi connectivity index (χ0v) is 20.6. The molecule has 1 heterocycles. The predicted octanol–water partition coefficient (Wildman–Crippen LogP) is 3.82. The number of alkyl halides is 6. The minimum Gasteiger partial charge on any atom is -0.485 e. The van der Waals surface area contributed by atoms with E-state index in [0.29, 0.717) is 0 Å². The second kappa shape index (κ2) is 12.3. The van der Waals surface area contributed by atoms with Gasteiger partial charge in [-0.25, -0.2) is 9.36 Å². The lowest BCUT2D eigenvalue weighted by Crippen LogP contribution is -2.34. The Morgan fingerprint density at radius 3 is 1.82 bits per heavy atom. The molecule has 40 heavy (non-hydrogen) atoms. The standard InChI is InChI=1S/C22H19F6O11P/c23-21(24,25)37-14-5-1-3-12(7-14)10-34-18-17(16(9-29)39-40(31,32)33)36-20(30)19(18)35-11-13-4-2-6-15(8-13)38-22(26,27)28/h1-8,16-17,29H,9-11H2,(H2,31,32,33)/t16-,17+/m0/s1. The highest BCUT2D eigenvalue weighted by Gasteiger charge is 2.45. The Kier molecular flexibility index (Phi) is 9.58. The molecule has 0 radical (unpaired) electrons. The zero-order chi connectivity index (χ0) is 29.7. The van der Waals surface area contributed by atoms with Gasteiger partial charge in [-0.15, -0.1) is 26.3 Å². The molecule has 11 nitrogen and oxygen atoms in total. The Hall–Kier alpha value is -3.50. The van der Waals surface area contributed by atoms with Crippen LogP contribution in [0.25, 0.3) is 0 Å². The van der Waals surface area contributed by atoms with E-state index >= 15 is 0 Å². The van der Waals surface area contributed by atoms with Crippen molar-refractivity contribution in [2.24, 2.45) is 0 Å². The highest BCUT2D eigenvalue weighted by molar-refractivity contribution is 7.46. The molecule has 0 aromatic heterocycles. The fourth-order valence-electron chi connectivity index (χ4n) is 3.32. The molecule has 1 aliphatic rings. The van der Waals surface area contributed by atoms with Crippen LogP contribution in [0.5, 0.6) is 11.5 Å². The van der Waals surface area contributed by atoms with E-state index < -0.39 is 81.6 Å². The highest BCUT2D eigenvalue weighted by Crippen LogP contribution is 2.41. The van der Waals surface area contributed by atoms with E-state index in [1.807, 2.05) is 0 Å². The Morgan fingerprint density at radius 2 is 1.38 bits per heavy atom. The van der Waals surface area contributed by atoms with E-state index in [1.165, 1.54) is 24.3 Å². The van der Waals surface area contributed by atoms with Crippen molar-refractivity contribution in [2.75, 3.05) is 6.61 Å². The van der Waals surface area contributed by atoms with Gasteiger partial charge in [0.15, 0.2) is 11.9 Å². The number of halogens is 6. The number of ether oxygens (including phenoxy) is 5. The zero-order valence-electron chi connectivity index (χ0n) is 19.7. The fraction of sp³-hybridized carbons (Fsp3) is 0.318. The Bertz CT molecular complexity index is 1270. The molecule has 2 aromatic rings. The summed E-state index contributed by atoms with van der Waals surface area (Å²) in [5, 5.41) is 9.59. The Morgan fingerprint density at radius 1 is 0.875 bits per heavy atom. The number of benzene rings is 2. The van der Waals surface area contributed by atoms with E-state index in [4.69, 9.17) is 24.0 Å². The van der Waals surface area contributed by atoms with Crippen LogP contribution < -0.4 is 9.47 Å². The number of cyclic esters (lactones) is 1. The first-order chi connectivity index (χ1) is 18.5. The summed E-state index contributed by atoms with van der Waals surface area (Å²) in [5.41, 5.74) is 0.146. The summed E-state index contributed by atoms with van der Waals surface area (Å²) in [5.74, 6) is -3.73. The van der Waals surface area contributed by atoms with Crippen LogP contribution in [-0.2, 0) is 41.3 Å². The SMILES string of the molecule is O=C1O[C@H]([C@H](CO)OP(=O)(O)O)C(OCc2cccc(OC(F)(F)F)c2)=C1OCc1cccc(OC(F)(F)F)c1. The summed E-state index contributed by atoms with van der Waals surface area (Å²) in [4.78, 5) is 30.8. The number of rotatable bonds is 12. The van der Waals surface area contributed by atoms with Crippen LogP contribution >= 0.6 is 7.82 Å². The maximum absolute atomic E-state index is 12.5. The number of hydrogen-bond donors (Lipinski definition) is 3. The molecule has 18 heteroatoms. The van der Waals surface area contributed by atoms with Gasteiger partial charge in [0.2, 0.25) is 5.76 Å². The Balaban J connectivity index is 1.87. The van der Waals surface area contributed by atoms with Gasteiger partial charge in [-0.1, -0.05) is 24.3 Å². The van der Waals surface area contributed by atoms with E-state index in [-0.39, 0.29) is 11.1 Å². The molecule has 0 unspecified atom stereocenters.